The van der Waals surface area contributed by atoms with Gasteiger partial charge in [0.05, 0.1) is 12.3 Å². The Labute approximate surface area is 185 Å². The molecule has 1 heterocycles. The van der Waals surface area contributed by atoms with Gasteiger partial charge in [-0.2, -0.15) is 13.2 Å². The van der Waals surface area contributed by atoms with Crippen molar-refractivity contribution < 1.29 is 28.2 Å². The molecule has 1 atom stereocenters. The summed E-state index contributed by atoms with van der Waals surface area (Å²) in [6.07, 6.45) is 2.63. The van der Waals surface area contributed by atoms with E-state index in [0.29, 0.717) is 39.2 Å². The van der Waals surface area contributed by atoms with E-state index in [1.807, 2.05) is 6.92 Å². The molecule has 1 aliphatic rings. The fourth-order valence-corrected chi connectivity index (χ4v) is 4.37. The minimum atomic E-state index is -4.82. The summed E-state index contributed by atoms with van der Waals surface area (Å²) in [5, 5.41) is 19.9. The van der Waals surface area contributed by atoms with Gasteiger partial charge < -0.3 is 15.1 Å². The average molecular weight is 451 g/mol. The van der Waals surface area contributed by atoms with Gasteiger partial charge in [-0.3, -0.25) is 14.8 Å². The smallest absolute Gasteiger partial charge is 0.395 e. The maximum absolute atomic E-state index is 13.1. The fourth-order valence-electron chi connectivity index (χ4n) is 4.37. The van der Waals surface area contributed by atoms with E-state index in [-0.39, 0.29) is 29.7 Å². The highest BCUT2D eigenvalue weighted by atomic mass is 19.4. The largest absolute Gasteiger partial charge is 0.421 e. The van der Waals surface area contributed by atoms with Crippen molar-refractivity contribution in [3.63, 3.8) is 0 Å². The summed E-state index contributed by atoms with van der Waals surface area (Å²) >= 11 is 0. The molecule has 1 fully saturated rings. The molecule has 2 aromatic rings. The van der Waals surface area contributed by atoms with Crippen LogP contribution in [0.15, 0.2) is 42.9 Å². The minimum absolute atomic E-state index is 0.0539. The lowest BCUT2D eigenvalue weighted by Crippen LogP contribution is -2.46. The Balaban J connectivity index is 1.73. The molecule has 1 aliphatic carbocycles. The van der Waals surface area contributed by atoms with E-state index in [0.717, 1.165) is 17.8 Å². The predicted molar refractivity (Wildman–Crippen MR) is 112 cm³/mol. The van der Waals surface area contributed by atoms with E-state index >= 15 is 0 Å². The predicted octanol–water partition coefficient (Wildman–Crippen LogP) is 3.58. The number of aromatic nitrogens is 2. The van der Waals surface area contributed by atoms with Crippen LogP contribution in [0.3, 0.4) is 0 Å². The van der Waals surface area contributed by atoms with Gasteiger partial charge in [0.1, 0.15) is 0 Å². The second-order valence-corrected chi connectivity index (χ2v) is 8.50. The van der Waals surface area contributed by atoms with Crippen molar-refractivity contribution in [3.8, 4) is 0 Å². The van der Waals surface area contributed by atoms with E-state index in [1.54, 1.807) is 23.5 Å². The van der Waals surface area contributed by atoms with Crippen LogP contribution in [0.2, 0.25) is 0 Å². The molecule has 174 valence electrons. The Morgan fingerprint density at radius 1 is 1.19 bits per heavy atom. The van der Waals surface area contributed by atoms with Crippen LogP contribution in [-0.2, 0) is 11.0 Å². The summed E-state index contributed by atoms with van der Waals surface area (Å²) in [6.45, 7) is 2.94. The fraction of sp³-hybridized carbons (Fsp3) is 0.522. The van der Waals surface area contributed by atoms with E-state index < -0.39 is 17.2 Å². The molecule has 2 N–H and O–H groups in total. The number of benzene rings is 1. The number of carbonyl (C=O) groups is 1. The number of aliphatic hydroxyl groups excluding tert-OH is 1. The van der Waals surface area contributed by atoms with Crippen molar-refractivity contribution in [1.82, 2.24) is 14.9 Å². The van der Waals surface area contributed by atoms with Crippen molar-refractivity contribution in [2.24, 2.45) is 0 Å². The topological polar surface area (TPSA) is 86.6 Å². The van der Waals surface area contributed by atoms with Crippen molar-refractivity contribution in [3.05, 3.63) is 59.7 Å². The lowest BCUT2D eigenvalue weighted by Gasteiger charge is -2.42. The Morgan fingerprint density at radius 3 is 2.28 bits per heavy atom. The minimum Gasteiger partial charge on any atom is -0.395 e. The van der Waals surface area contributed by atoms with Crippen molar-refractivity contribution in [1.29, 1.82) is 0 Å². The number of amides is 1. The van der Waals surface area contributed by atoms with Crippen molar-refractivity contribution in [2.45, 2.75) is 62.8 Å². The van der Waals surface area contributed by atoms with Gasteiger partial charge in [-0.1, -0.05) is 12.1 Å². The van der Waals surface area contributed by atoms with E-state index in [4.69, 9.17) is 0 Å². The van der Waals surface area contributed by atoms with E-state index in [2.05, 4.69) is 9.97 Å². The number of aliphatic hydroxyl groups is 2. The summed E-state index contributed by atoms with van der Waals surface area (Å²) in [4.78, 5) is 23.3. The van der Waals surface area contributed by atoms with Crippen molar-refractivity contribution >= 4 is 5.91 Å². The molecule has 6 nitrogen and oxygen atoms in total. The first-order valence-corrected chi connectivity index (χ1v) is 10.6. The number of halogens is 3. The van der Waals surface area contributed by atoms with Crippen LogP contribution in [-0.4, -0.2) is 56.4 Å². The Morgan fingerprint density at radius 2 is 1.81 bits per heavy atom. The second kappa shape index (κ2) is 9.15. The van der Waals surface area contributed by atoms with Crippen LogP contribution < -0.4 is 0 Å². The first-order chi connectivity index (χ1) is 15.1. The standard InChI is InChI=1S/C23H28F3N3O3/c1-3-29(18-8-10-22(15-30,11-9-18)19-14-27-12-13-28-19)20(31)16-4-6-17(7-5-16)21(2,32)23(24,25)26/h4-7,12-14,18,30,32H,3,8-11,15H2,1-2H3/t18?,21-,22?/m0/s1. The molecule has 0 bridgehead atoms. The second-order valence-electron chi connectivity index (χ2n) is 8.50. The molecule has 0 unspecified atom stereocenters. The molecule has 0 spiro atoms. The average Bonchev–Trinajstić information content (AvgIpc) is 2.80. The van der Waals surface area contributed by atoms with Gasteiger partial charge in [0.15, 0.2) is 5.60 Å². The van der Waals surface area contributed by atoms with Gasteiger partial charge in [-0.15, -0.1) is 0 Å². The van der Waals surface area contributed by atoms with Gasteiger partial charge in [0.2, 0.25) is 0 Å². The zero-order chi connectivity index (χ0) is 23.6. The molecule has 9 heteroatoms. The third-order valence-electron chi connectivity index (χ3n) is 6.61. The number of carbonyl (C=O) groups excluding carboxylic acids is 1. The number of alkyl halides is 3. The first-order valence-electron chi connectivity index (χ1n) is 10.6. The lowest BCUT2D eigenvalue weighted by molar-refractivity contribution is -0.258. The maximum atomic E-state index is 13.1. The number of hydrogen-bond acceptors (Lipinski definition) is 5. The highest BCUT2D eigenvalue weighted by Gasteiger charge is 2.51. The molecule has 3 rings (SSSR count). The van der Waals surface area contributed by atoms with Crippen LogP contribution in [0.1, 0.15) is 61.1 Å². The summed E-state index contributed by atoms with van der Waals surface area (Å²) in [5.41, 5.74) is -2.79. The molecule has 1 aromatic heterocycles. The third kappa shape index (κ3) is 4.49. The van der Waals surface area contributed by atoms with Gasteiger partial charge in [-0.05, 0) is 57.2 Å². The Hall–Kier alpha value is -2.52. The van der Waals surface area contributed by atoms with E-state index in [1.165, 1.54) is 12.1 Å². The van der Waals surface area contributed by atoms with E-state index in [9.17, 15) is 28.2 Å². The summed E-state index contributed by atoms with van der Waals surface area (Å²) in [6, 6.07) is 4.87. The third-order valence-corrected chi connectivity index (χ3v) is 6.61. The molecule has 32 heavy (non-hydrogen) atoms. The summed E-state index contributed by atoms with van der Waals surface area (Å²) in [7, 11) is 0. The van der Waals surface area contributed by atoms with Crippen LogP contribution in [0, 0.1) is 0 Å². The van der Waals surface area contributed by atoms with Gasteiger partial charge in [-0.25, -0.2) is 0 Å². The molecule has 1 aromatic carbocycles. The highest BCUT2D eigenvalue weighted by molar-refractivity contribution is 5.94. The van der Waals surface area contributed by atoms with Crippen molar-refractivity contribution in [2.75, 3.05) is 13.2 Å². The zero-order valence-electron chi connectivity index (χ0n) is 18.1. The van der Waals surface area contributed by atoms with Crippen LogP contribution in [0.25, 0.3) is 0 Å². The molecule has 0 aliphatic heterocycles. The molecule has 1 saturated carbocycles. The Kier molecular flexibility index (Phi) is 6.90. The van der Waals surface area contributed by atoms with Gasteiger partial charge >= 0.3 is 6.18 Å². The monoisotopic (exact) mass is 451 g/mol. The summed E-state index contributed by atoms with van der Waals surface area (Å²) in [5.74, 6) is -0.272. The van der Waals surface area contributed by atoms with Crippen LogP contribution in [0.4, 0.5) is 13.2 Å². The zero-order valence-corrected chi connectivity index (χ0v) is 18.1. The Bertz CT molecular complexity index is 910. The molecule has 0 radical (unpaired) electrons. The van der Waals surface area contributed by atoms with Crippen LogP contribution >= 0.6 is 0 Å². The SMILES string of the molecule is CCN(C(=O)c1ccc([C@](C)(O)C(F)(F)F)cc1)C1CCC(CO)(c2cnccn2)CC1. The molecular weight excluding hydrogens is 423 g/mol. The normalized spacial score (nSPS) is 23.4. The van der Waals surface area contributed by atoms with Gasteiger partial charge in [0.25, 0.3) is 5.91 Å². The highest BCUT2D eigenvalue weighted by Crippen LogP contribution is 2.40. The molecule has 0 saturated heterocycles. The molecular formula is C23H28F3N3O3. The number of nitrogens with zero attached hydrogens (tertiary/aromatic N) is 3. The lowest BCUT2D eigenvalue weighted by atomic mass is 9.70. The quantitative estimate of drug-likeness (QED) is 0.701. The number of rotatable bonds is 6. The molecule has 1 amide bonds. The first kappa shape index (κ1) is 24.1. The maximum Gasteiger partial charge on any atom is 0.421 e. The van der Waals surface area contributed by atoms with Crippen LogP contribution in [0.5, 0.6) is 0 Å². The number of hydrogen-bond donors (Lipinski definition) is 2. The summed E-state index contributed by atoms with van der Waals surface area (Å²) < 4.78 is 39.2. The van der Waals surface area contributed by atoms with Gasteiger partial charge in [0, 0.05) is 42.2 Å².